The van der Waals surface area contributed by atoms with Crippen LogP contribution < -0.4 is 4.74 Å². The van der Waals surface area contributed by atoms with Crippen LogP contribution >= 0.6 is 0 Å². The van der Waals surface area contributed by atoms with Crippen LogP contribution in [-0.4, -0.2) is 10.7 Å². The summed E-state index contributed by atoms with van der Waals surface area (Å²) >= 11 is 0. The first kappa shape index (κ1) is 18.9. The number of ketones is 1. The molecule has 0 fully saturated rings. The van der Waals surface area contributed by atoms with Gasteiger partial charge in [0.1, 0.15) is 12.4 Å². The maximum atomic E-state index is 12.6. The molecule has 0 saturated carbocycles. The quantitative estimate of drug-likeness (QED) is 0.440. The van der Waals surface area contributed by atoms with Crippen LogP contribution in [0.2, 0.25) is 0 Å². The average molecular weight is 387 g/mol. The van der Waals surface area contributed by atoms with Gasteiger partial charge in [-0.15, -0.1) is 0 Å². The number of hydrogen-bond acceptors (Lipinski definition) is 4. The Morgan fingerprint density at radius 1 is 0.931 bits per heavy atom. The predicted molar refractivity (Wildman–Crippen MR) is 110 cm³/mol. The van der Waals surface area contributed by atoms with Crippen LogP contribution in [0.3, 0.4) is 0 Å². The Balaban J connectivity index is 1.60. The molecule has 0 aliphatic heterocycles. The molecule has 1 atom stereocenters. The molecule has 146 valence electrons. The minimum absolute atomic E-state index is 0.0694. The van der Waals surface area contributed by atoms with E-state index in [2.05, 4.69) is 6.07 Å². The van der Waals surface area contributed by atoms with Crippen molar-refractivity contribution in [3.63, 3.8) is 0 Å². The monoisotopic (exact) mass is 387 g/mol. The molecule has 0 radical (unpaired) electrons. The molecule has 0 aromatic heterocycles. The Kier molecular flexibility index (Phi) is 5.38. The molecule has 5 nitrogen and oxygen atoms in total. The van der Waals surface area contributed by atoms with Gasteiger partial charge in [0, 0.05) is 18.4 Å². The lowest BCUT2D eigenvalue weighted by Crippen LogP contribution is -2.22. The van der Waals surface area contributed by atoms with Gasteiger partial charge in [-0.05, 0) is 41.2 Å². The Hall–Kier alpha value is -3.47. The van der Waals surface area contributed by atoms with Crippen molar-refractivity contribution < 1.29 is 14.5 Å². The van der Waals surface area contributed by atoms with E-state index in [4.69, 9.17) is 4.74 Å². The van der Waals surface area contributed by atoms with Crippen molar-refractivity contribution in [3.8, 4) is 5.75 Å². The summed E-state index contributed by atoms with van der Waals surface area (Å²) in [5.74, 6) is 0.227. The standard InChI is InChI=1S/C24H21NO4/c26-23-13-11-19-8-4-5-9-20(19)21(23)14-18-10-12-22(25(27)28)24(15-18)29-16-17-6-2-1-3-7-17/h1-10,12,15,21H,11,13-14,16H2. The summed E-state index contributed by atoms with van der Waals surface area (Å²) < 4.78 is 5.78. The number of nitrogens with zero attached hydrogens (tertiary/aromatic N) is 1. The second kappa shape index (κ2) is 8.27. The Bertz CT molecular complexity index is 1050. The highest BCUT2D eigenvalue weighted by Gasteiger charge is 2.28. The molecule has 0 spiro atoms. The van der Waals surface area contributed by atoms with Crippen LogP contribution in [0.15, 0.2) is 72.8 Å². The number of nitro groups is 1. The smallest absolute Gasteiger partial charge is 0.310 e. The minimum Gasteiger partial charge on any atom is -0.482 e. The number of fused-ring (bicyclic) bond motifs is 1. The number of benzene rings is 3. The van der Waals surface area contributed by atoms with Crippen LogP contribution in [0.5, 0.6) is 5.75 Å². The van der Waals surface area contributed by atoms with E-state index in [1.165, 1.54) is 11.6 Å². The fraction of sp³-hybridized carbons (Fsp3) is 0.208. The number of nitro benzene ring substituents is 1. The Morgan fingerprint density at radius 3 is 2.48 bits per heavy atom. The molecule has 3 aromatic carbocycles. The highest BCUT2D eigenvalue weighted by molar-refractivity contribution is 5.88. The van der Waals surface area contributed by atoms with E-state index in [0.717, 1.165) is 23.1 Å². The van der Waals surface area contributed by atoms with Crippen LogP contribution in [-0.2, 0) is 24.2 Å². The fourth-order valence-corrected chi connectivity index (χ4v) is 3.85. The summed E-state index contributed by atoms with van der Waals surface area (Å²) in [5.41, 5.74) is 3.99. The lowest BCUT2D eigenvalue weighted by atomic mass is 9.79. The molecule has 29 heavy (non-hydrogen) atoms. The summed E-state index contributed by atoms with van der Waals surface area (Å²) in [7, 11) is 0. The van der Waals surface area contributed by atoms with Crippen molar-refractivity contribution in [1.29, 1.82) is 0 Å². The zero-order chi connectivity index (χ0) is 20.2. The molecule has 0 N–H and O–H groups in total. The minimum atomic E-state index is -0.439. The van der Waals surface area contributed by atoms with Gasteiger partial charge < -0.3 is 4.74 Å². The van der Waals surface area contributed by atoms with E-state index in [0.29, 0.717) is 12.8 Å². The van der Waals surface area contributed by atoms with Gasteiger partial charge in [0.25, 0.3) is 0 Å². The first-order chi connectivity index (χ1) is 14.1. The maximum absolute atomic E-state index is 12.6. The number of rotatable bonds is 6. The highest BCUT2D eigenvalue weighted by atomic mass is 16.6. The number of hydrogen-bond donors (Lipinski definition) is 0. The van der Waals surface area contributed by atoms with Gasteiger partial charge in [-0.3, -0.25) is 14.9 Å². The number of Topliss-reactive ketones (excluding diaryl/α,β-unsaturated/α-hetero) is 1. The van der Waals surface area contributed by atoms with Gasteiger partial charge in [-0.1, -0.05) is 60.7 Å². The van der Waals surface area contributed by atoms with Crippen molar-refractivity contribution >= 4 is 11.5 Å². The molecule has 4 rings (SSSR count). The summed E-state index contributed by atoms with van der Waals surface area (Å²) in [6, 6.07) is 22.4. The fourth-order valence-electron chi connectivity index (χ4n) is 3.85. The first-order valence-electron chi connectivity index (χ1n) is 9.66. The second-order valence-electron chi connectivity index (χ2n) is 7.26. The van der Waals surface area contributed by atoms with Gasteiger partial charge in [0.05, 0.1) is 4.92 Å². The topological polar surface area (TPSA) is 69.4 Å². The number of aryl methyl sites for hydroxylation is 1. The van der Waals surface area contributed by atoms with Gasteiger partial charge in [-0.25, -0.2) is 0 Å². The number of carbonyl (C=O) groups excluding carboxylic acids is 1. The highest BCUT2D eigenvalue weighted by Crippen LogP contribution is 2.34. The molecule has 3 aromatic rings. The van der Waals surface area contributed by atoms with Crippen LogP contribution in [0, 0.1) is 10.1 Å². The van der Waals surface area contributed by atoms with E-state index in [1.807, 2.05) is 48.5 Å². The summed E-state index contributed by atoms with van der Waals surface area (Å²) in [6.45, 7) is 0.246. The van der Waals surface area contributed by atoms with Crippen LogP contribution in [0.25, 0.3) is 0 Å². The third kappa shape index (κ3) is 4.19. The maximum Gasteiger partial charge on any atom is 0.310 e. The average Bonchev–Trinajstić information content (AvgIpc) is 2.75. The first-order valence-corrected chi connectivity index (χ1v) is 9.66. The van der Waals surface area contributed by atoms with E-state index >= 15 is 0 Å². The van der Waals surface area contributed by atoms with E-state index < -0.39 is 4.92 Å². The van der Waals surface area contributed by atoms with Gasteiger partial charge in [0.2, 0.25) is 0 Å². The molecule has 1 aliphatic carbocycles. The molecule has 0 bridgehead atoms. The Morgan fingerprint density at radius 2 is 1.69 bits per heavy atom. The third-order valence-electron chi connectivity index (χ3n) is 5.36. The zero-order valence-electron chi connectivity index (χ0n) is 15.9. The molecule has 5 heteroatoms. The molecule has 1 unspecified atom stereocenters. The SMILES string of the molecule is O=C1CCc2ccccc2C1Cc1ccc([N+](=O)[O-])c(OCc2ccccc2)c1. The zero-order valence-corrected chi connectivity index (χ0v) is 15.9. The molecule has 0 saturated heterocycles. The van der Waals surface area contributed by atoms with Gasteiger partial charge >= 0.3 is 5.69 Å². The van der Waals surface area contributed by atoms with Crippen molar-refractivity contribution in [2.75, 3.05) is 0 Å². The number of ether oxygens (including phenoxy) is 1. The lowest BCUT2D eigenvalue weighted by molar-refractivity contribution is -0.386. The van der Waals surface area contributed by atoms with Gasteiger partial charge in [0.15, 0.2) is 5.75 Å². The second-order valence-corrected chi connectivity index (χ2v) is 7.26. The van der Waals surface area contributed by atoms with Gasteiger partial charge in [-0.2, -0.15) is 0 Å². The summed E-state index contributed by atoms with van der Waals surface area (Å²) in [5, 5.41) is 11.4. The molecule has 1 aliphatic rings. The predicted octanol–water partition coefficient (Wildman–Crippen LogP) is 5.02. The Labute approximate surface area is 169 Å². The van der Waals surface area contributed by atoms with Crippen molar-refractivity contribution in [2.45, 2.75) is 31.8 Å². The third-order valence-corrected chi connectivity index (χ3v) is 5.36. The largest absolute Gasteiger partial charge is 0.482 e. The van der Waals surface area contributed by atoms with Crippen LogP contribution in [0.4, 0.5) is 5.69 Å². The summed E-state index contributed by atoms with van der Waals surface area (Å²) in [6.07, 6.45) is 1.82. The van der Waals surface area contributed by atoms with Crippen molar-refractivity contribution in [2.24, 2.45) is 0 Å². The normalized spacial score (nSPS) is 15.6. The lowest BCUT2D eigenvalue weighted by Gasteiger charge is -2.24. The van der Waals surface area contributed by atoms with E-state index in [1.54, 1.807) is 12.1 Å². The van der Waals surface area contributed by atoms with Crippen molar-refractivity contribution in [3.05, 3.63) is 105 Å². The van der Waals surface area contributed by atoms with Crippen molar-refractivity contribution in [1.82, 2.24) is 0 Å². The van der Waals surface area contributed by atoms with Crippen LogP contribution in [0.1, 0.15) is 34.6 Å². The molecule has 0 heterocycles. The number of carbonyl (C=O) groups is 1. The molecule has 0 amide bonds. The van der Waals surface area contributed by atoms with E-state index in [9.17, 15) is 14.9 Å². The molecular formula is C24H21NO4. The molecular weight excluding hydrogens is 366 g/mol. The summed E-state index contributed by atoms with van der Waals surface area (Å²) in [4.78, 5) is 23.6. The van der Waals surface area contributed by atoms with E-state index in [-0.39, 0.29) is 29.7 Å².